The molecule has 0 rings (SSSR count). The third-order valence-corrected chi connectivity index (χ3v) is 1.23. The SMILES string of the molecule is [CH2]C(O)C(CC(=O)O)OCC=C. The van der Waals surface area contributed by atoms with Gasteiger partial charge in [-0.3, -0.25) is 4.79 Å². The summed E-state index contributed by atoms with van der Waals surface area (Å²) in [4.78, 5) is 10.2. The Kier molecular flexibility index (Phi) is 5.32. The van der Waals surface area contributed by atoms with Gasteiger partial charge in [-0.2, -0.15) is 0 Å². The number of aliphatic carboxylic acids is 1. The Balaban J connectivity index is 3.85. The van der Waals surface area contributed by atoms with Crippen molar-refractivity contribution >= 4 is 5.97 Å². The van der Waals surface area contributed by atoms with E-state index in [9.17, 15) is 4.79 Å². The van der Waals surface area contributed by atoms with Gasteiger partial charge in [-0.1, -0.05) is 6.08 Å². The summed E-state index contributed by atoms with van der Waals surface area (Å²) >= 11 is 0. The minimum atomic E-state index is -1.03. The van der Waals surface area contributed by atoms with Gasteiger partial charge in [0.15, 0.2) is 0 Å². The maximum absolute atomic E-state index is 10.2. The van der Waals surface area contributed by atoms with Crippen molar-refractivity contribution in [3.05, 3.63) is 19.6 Å². The predicted octanol–water partition coefficient (Wildman–Crippen LogP) is 0.227. The van der Waals surface area contributed by atoms with Gasteiger partial charge >= 0.3 is 5.97 Å². The van der Waals surface area contributed by atoms with Crippen LogP contribution in [-0.2, 0) is 9.53 Å². The first-order valence-electron chi connectivity index (χ1n) is 3.53. The standard InChI is InChI=1S/C8H13O4/c1-3-4-12-7(6(2)9)5-8(10)11/h3,6-7,9H,1-2,4-5H2,(H,10,11). The second-order valence-corrected chi connectivity index (χ2v) is 2.33. The van der Waals surface area contributed by atoms with Gasteiger partial charge in [0.2, 0.25) is 0 Å². The second-order valence-electron chi connectivity index (χ2n) is 2.33. The summed E-state index contributed by atoms with van der Waals surface area (Å²) in [5.41, 5.74) is 0. The molecular formula is C8H13O4. The molecule has 0 saturated carbocycles. The zero-order valence-electron chi connectivity index (χ0n) is 6.77. The molecule has 0 aromatic heterocycles. The smallest absolute Gasteiger partial charge is 0.306 e. The van der Waals surface area contributed by atoms with Gasteiger partial charge in [-0.15, -0.1) is 6.58 Å². The molecule has 2 N–H and O–H groups in total. The minimum absolute atomic E-state index is 0.213. The summed E-state index contributed by atoms with van der Waals surface area (Å²) in [6.45, 7) is 6.89. The molecule has 0 aliphatic rings. The van der Waals surface area contributed by atoms with Gasteiger partial charge in [0.25, 0.3) is 0 Å². The van der Waals surface area contributed by atoms with Gasteiger partial charge in [0.1, 0.15) is 0 Å². The number of hydrogen-bond donors (Lipinski definition) is 2. The van der Waals surface area contributed by atoms with Gasteiger partial charge in [0.05, 0.1) is 25.2 Å². The summed E-state index contributed by atoms with van der Waals surface area (Å²) in [6.07, 6.45) is -0.558. The van der Waals surface area contributed by atoms with E-state index in [1.807, 2.05) is 0 Å². The highest BCUT2D eigenvalue weighted by Crippen LogP contribution is 2.04. The first-order chi connectivity index (χ1) is 5.57. The van der Waals surface area contributed by atoms with Gasteiger partial charge in [0, 0.05) is 0 Å². The fraction of sp³-hybridized carbons (Fsp3) is 0.500. The highest BCUT2D eigenvalue weighted by molar-refractivity contribution is 5.67. The zero-order chi connectivity index (χ0) is 9.56. The van der Waals surface area contributed by atoms with Crippen LogP contribution in [0, 0.1) is 6.92 Å². The fourth-order valence-corrected chi connectivity index (χ4v) is 0.670. The monoisotopic (exact) mass is 173 g/mol. The summed E-state index contributed by atoms with van der Waals surface area (Å²) < 4.78 is 4.95. The van der Waals surface area contributed by atoms with Crippen LogP contribution in [0.25, 0.3) is 0 Å². The summed E-state index contributed by atoms with van der Waals surface area (Å²) in [7, 11) is 0. The van der Waals surface area contributed by atoms with Crippen molar-refractivity contribution in [1.29, 1.82) is 0 Å². The van der Waals surface area contributed by atoms with Gasteiger partial charge in [-0.25, -0.2) is 0 Å². The highest BCUT2D eigenvalue weighted by Gasteiger charge is 2.18. The van der Waals surface area contributed by atoms with E-state index in [-0.39, 0.29) is 13.0 Å². The molecule has 0 aromatic carbocycles. The van der Waals surface area contributed by atoms with E-state index >= 15 is 0 Å². The Labute approximate surface area is 71.5 Å². The molecule has 4 heteroatoms. The number of hydrogen-bond acceptors (Lipinski definition) is 3. The number of carbonyl (C=O) groups is 1. The molecule has 0 aromatic rings. The molecule has 0 heterocycles. The van der Waals surface area contributed by atoms with Crippen LogP contribution in [0.15, 0.2) is 12.7 Å². The number of carboxylic acids is 1. The van der Waals surface area contributed by atoms with Crippen molar-refractivity contribution < 1.29 is 19.7 Å². The molecule has 69 valence electrons. The molecule has 0 amide bonds. The maximum Gasteiger partial charge on any atom is 0.306 e. The third kappa shape index (κ3) is 4.87. The lowest BCUT2D eigenvalue weighted by Gasteiger charge is -2.17. The molecule has 4 nitrogen and oxygen atoms in total. The van der Waals surface area contributed by atoms with Crippen LogP contribution in [0.2, 0.25) is 0 Å². The Morgan fingerprint density at radius 2 is 2.25 bits per heavy atom. The molecule has 0 spiro atoms. The normalized spacial score (nSPS) is 15.2. The van der Waals surface area contributed by atoms with Crippen molar-refractivity contribution in [3.8, 4) is 0 Å². The van der Waals surface area contributed by atoms with Crippen LogP contribution in [-0.4, -0.2) is 35.0 Å². The van der Waals surface area contributed by atoms with Crippen LogP contribution in [0.5, 0.6) is 0 Å². The molecule has 0 bridgehead atoms. The molecule has 2 atom stereocenters. The van der Waals surface area contributed by atoms with Crippen molar-refractivity contribution in [1.82, 2.24) is 0 Å². The van der Waals surface area contributed by atoms with Crippen LogP contribution in [0.3, 0.4) is 0 Å². The van der Waals surface area contributed by atoms with E-state index in [0.29, 0.717) is 0 Å². The number of carboxylic acid groups (broad SMARTS) is 1. The topological polar surface area (TPSA) is 66.8 Å². The van der Waals surface area contributed by atoms with E-state index in [2.05, 4.69) is 13.5 Å². The fourth-order valence-electron chi connectivity index (χ4n) is 0.670. The molecule has 0 aliphatic heterocycles. The molecule has 0 aliphatic carbocycles. The van der Waals surface area contributed by atoms with E-state index < -0.39 is 18.2 Å². The Bertz CT molecular complexity index is 153. The lowest BCUT2D eigenvalue weighted by Crippen LogP contribution is -2.29. The largest absolute Gasteiger partial charge is 0.481 e. The first kappa shape index (κ1) is 11.1. The summed E-state index contributed by atoms with van der Waals surface area (Å²) in [5.74, 6) is -1.02. The molecular weight excluding hydrogens is 160 g/mol. The van der Waals surface area contributed by atoms with E-state index in [1.54, 1.807) is 0 Å². The number of aliphatic hydroxyl groups excluding tert-OH is 1. The van der Waals surface area contributed by atoms with Crippen molar-refractivity contribution in [2.45, 2.75) is 18.6 Å². The summed E-state index contributed by atoms with van der Waals surface area (Å²) in [5, 5.41) is 17.3. The lowest BCUT2D eigenvalue weighted by molar-refractivity contribution is -0.141. The van der Waals surface area contributed by atoms with Crippen molar-refractivity contribution in [2.75, 3.05) is 6.61 Å². The van der Waals surface area contributed by atoms with E-state index in [4.69, 9.17) is 14.9 Å². The van der Waals surface area contributed by atoms with E-state index in [0.717, 1.165) is 0 Å². The second kappa shape index (κ2) is 5.74. The third-order valence-electron chi connectivity index (χ3n) is 1.23. The maximum atomic E-state index is 10.2. The predicted molar refractivity (Wildman–Crippen MR) is 43.6 cm³/mol. The van der Waals surface area contributed by atoms with Gasteiger partial charge < -0.3 is 14.9 Å². The Morgan fingerprint density at radius 3 is 2.58 bits per heavy atom. The first-order valence-corrected chi connectivity index (χ1v) is 3.53. The van der Waals surface area contributed by atoms with Crippen LogP contribution in [0.4, 0.5) is 0 Å². The Morgan fingerprint density at radius 1 is 1.67 bits per heavy atom. The molecule has 12 heavy (non-hydrogen) atoms. The number of ether oxygens (including phenoxy) is 1. The van der Waals surface area contributed by atoms with Crippen LogP contribution < -0.4 is 0 Å². The zero-order valence-corrected chi connectivity index (χ0v) is 6.77. The average Bonchev–Trinajstić information content (AvgIpc) is 1.96. The molecule has 1 radical (unpaired) electrons. The molecule has 2 unspecified atom stereocenters. The molecule has 0 saturated heterocycles. The minimum Gasteiger partial charge on any atom is -0.481 e. The Hall–Kier alpha value is -0.870. The molecule has 0 fully saturated rings. The lowest BCUT2D eigenvalue weighted by atomic mass is 10.1. The van der Waals surface area contributed by atoms with Crippen LogP contribution >= 0.6 is 0 Å². The van der Waals surface area contributed by atoms with E-state index in [1.165, 1.54) is 6.08 Å². The van der Waals surface area contributed by atoms with Crippen LogP contribution in [0.1, 0.15) is 6.42 Å². The average molecular weight is 173 g/mol. The number of aliphatic hydroxyl groups is 1. The number of rotatable bonds is 6. The van der Waals surface area contributed by atoms with Gasteiger partial charge in [-0.05, 0) is 6.92 Å². The highest BCUT2D eigenvalue weighted by atomic mass is 16.5. The van der Waals surface area contributed by atoms with Crippen molar-refractivity contribution in [2.24, 2.45) is 0 Å². The van der Waals surface area contributed by atoms with Crippen molar-refractivity contribution in [3.63, 3.8) is 0 Å². The summed E-state index contributed by atoms with van der Waals surface area (Å²) in [6, 6.07) is 0. The quantitative estimate of drug-likeness (QED) is 0.564.